The highest BCUT2D eigenvalue weighted by Gasteiger charge is 2.06. The predicted molar refractivity (Wildman–Crippen MR) is 87.8 cm³/mol. The normalized spacial score (nSPS) is 11.0. The van der Waals surface area contributed by atoms with Gasteiger partial charge in [-0.25, -0.2) is 0 Å². The molecule has 0 saturated heterocycles. The molecule has 0 unspecified atom stereocenters. The Kier molecular flexibility index (Phi) is 3.70. The summed E-state index contributed by atoms with van der Waals surface area (Å²) in [4.78, 5) is 0. The molecule has 2 nitrogen and oxygen atoms in total. The van der Waals surface area contributed by atoms with E-state index in [1.54, 1.807) is 0 Å². The fourth-order valence-corrected chi connectivity index (χ4v) is 2.61. The van der Waals surface area contributed by atoms with Gasteiger partial charge in [-0.2, -0.15) is 0 Å². The molecule has 108 valence electrons. The molecule has 0 fully saturated rings. The molecule has 0 aliphatic rings. The quantitative estimate of drug-likeness (QED) is 0.679. The largest absolute Gasteiger partial charge is 0.487 e. The van der Waals surface area contributed by atoms with Gasteiger partial charge in [0, 0.05) is 12.6 Å². The summed E-state index contributed by atoms with van der Waals surface area (Å²) in [6, 6.07) is 17.1. The number of fused-ring (bicyclic) bond motifs is 1. The zero-order valence-corrected chi connectivity index (χ0v) is 12.9. The second-order valence-electron chi connectivity index (χ2n) is 5.54. The highest BCUT2D eigenvalue weighted by atomic mass is 16.5. The molecule has 21 heavy (non-hydrogen) atoms. The third-order valence-electron chi connectivity index (χ3n) is 4.02. The molecule has 1 aromatic heterocycles. The van der Waals surface area contributed by atoms with Crippen molar-refractivity contribution in [1.29, 1.82) is 0 Å². The van der Waals surface area contributed by atoms with Crippen molar-refractivity contribution in [3.63, 3.8) is 0 Å². The molecular weight excluding hydrogens is 258 g/mol. The van der Waals surface area contributed by atoms with Crippen LogP contribution in [-0.2, 0) is 20.1 Å². The minimum Gasteiger partial charge on any atom is -0.487 e. The van der Waals surface area contributed by atoms with Gasteiger partial charge in [0.25, 0.3) is 0 Å². The van der Waals surface area contributed by atoms with Crippen molar-refractivity contribution >= 4 is 10.9 Å². The van der Waals surface area contributed by atoms with E-state index < -0.39 is 0 Å². The Balaban J connectivity index is 1.79. The van der Waals surface area contributed by atoms with Gasteiger partial charge in [0.2, 0.25) is 0 Å². The molecule has 0 radical (unpaired) electrons. The van der Waals surface area contributed by atoms with Crippen LogP contribution in [0.1, 0.15) is 23.7 Å². The molecule has 0 amide bonds. The number of aryl methyl sites for hydroxylation is 3. The van der Waals surface area contributed by atoms with Gasteiger partial charge in [-0.05, 0) is 54.1 Å². The molecule has 0 aliphatic carbocycles. The van der Waals surface area contributed by atoms with E-state index in [1.807, 2.05) is 12.1 Å². The van der Waals surface area contributed by atoms with Gasteiger partial charge in [0.05, 0.1) is 5.69 Å². The summed E-state index contributed by atoms with van der Waals surface area (Å²) in [5.41, 5.74) is 5.07. The Morgan fingerprint density at radius 3 is 2.48 bits per heavy atom. The molecule has 3 rings (SSSR count). The smallest absolute Gasteiger partial charge is 0.128 e. The summed E-state index contributed by atoms with van der Waals surface area (Å²) in [5.74, 6) is 0.925. The number of rotatable bonds is 4. The van der Waals surface area contributed by atoms with Crippen LogP contribution in [0.15, 0.2) is 48.5 Å². The van der Waals surface area contributed by atoms with Gasteiger partial charge in [-0.1, -0.05) is 31.2 Å². The number of hydrogen-bond donors (Lipinski definition) is 0. The van der Waals surface area contributed by atoms with Crippen LogP contribution in [0.4, 0.5) is 0 Å². The van der Waals surface area contributed by atoms with Gasteiger partial charge < -0.3 is 9.30 Å². The first-order chi connectivity index (χ1) is 10.2. The summed E-state index contributed by atoms with van der Waals surface area (Å²) in [6.07, 6.45) is 1.06. The second-order valence-corrected chi connectivity index (χ2v) is 5.54. The van der Waals surface area contributed by atoms with Crippen molar-refractivity contribution < 1.29 is 4.74 Å². The van der Waals surface area contributed by atoms with Crippen molar-refractivity contribution in [2.24, 2.45) is 7.05 Å². The summed E-state index contributed by atoms with van der Waals surface area (Å²) in [6.45, 7) is 4.88. The molecule has 0 atom stereocenters. The Morgan fingerprint density at radius 1 is 1.00 bits per heavy atom. The Labute approximate surface area is 126 Å². The van der Waals surface area contributed by atoms with Crippen LogP contribution in [0, 0.1) is 6.92 Å². The lowest BCUT2D eigenvalue weighted by Gasteiger charge is -2.08. The van der Waals surface area contributed by atoms with Crippen LogP contribution in [0.5, 0.6) is 5.75 Å². The topological polar surface area (TPSA) is 14.2 Å². The molecule has 1 heterocycles. The van der Waals surface area contributed by atoms with E-state index in [2.05, 4.69) is 61.9 Å². The molecule has 0 bridgehead atoms. The van der Waals surface area contributed by atoms with E-state index in [0.29, 0.717) is 6.61 Å². The lowest BCUT2D eigenvalue weighted by Crippen LogP contribution is -2.01. The molecule has 0 aliphatic heterocycles. The van der Waals surface area contributed by atoms with Crippen LogP contribution in [0.3, 0.4) is 0 Å². The highest BCUT2D eigenvalue weighted by molar-refractivity contribution is 5.81. The Bertz CT molecular complexity index is 753. The first-order valence-electron chi connectivity index (χ1n) is 7.44. The average Bonchev–Trinajstić information content (AvgIpc) is 2.82. The maximum absolute atomic E-state index is 5.91. The molecule has 0 spiro atoms. The fourth-order valence-electron chi connectivity index (χ4n) is 2.61. The fraction of sp³-hybridized carbons (Fsp3) is 0.263. The van der Waals surface area contributed by atoms with Crippen LogP contribution < -0.4 is 4.74 Å². The SMILES string of the molecule is CCc1ccc(OCc2cc3ccc(C)cc3n2C)cc1. The van der Waals surface area contributed by atoms with E-state index in [4.69, 9.17) is 4.74 Å². The molecule has 0 saturated carbocycles. The van der Waals surface area contributed by atoms with E-state index in [1.165, 1.54) is 27.7 Å². The monoisotopic (exact) mass is 279 g/mol. The third kappa shape index (κ3) is 2.80. The minimum atomic E-state index is 0.593. The first-order valence-corrected chi connectivity index (χ1v) is 7.44. The van der Waals surface area contributed by atoms with Crippen LogP contribution in [-0.4, -0.2) is 4.57 Å². The van der Waals surface area contributed by atoms with Gasteiger partial charge in [0.1, 0.15) is 12.4 Å². The summed E-state index contributed by atoms with van der Waals surface area (Å²) < 4.78 is 8.12. The molecule has 0 N–H and O–H groups in total. The van der Waals surface area contributed by atoms with Gasteiger partial charge in [-0.3, -0.25) is 0 Å². The maximum Gasteiger partial charge on any atom is 0.128 e. The van der Waals surface area contributed by atoms with Crippen LogP contribution in [0.25, 0.3) is 10.9 Å². The van der Waals surface area contributed by atoms with Gasteiger partial charge >= 0.3 is 0 Å². The first kappa shape index (κ1) is 13.7. The number of hydrogen-bond acceptors (Lipinski definition) is 1. The van der Waals surface area contributed by atoms with E-state index in [-0.39, 0.29) is 0 Å². The van der Waals surface area contributed by atoms with Crippen molar-refractivity contribution in [2.75, 3.05) is 0 Å². The van der Waals surface area contributed by atoms with Gasteiger partial charge in [0.15, 0.2) is 0 Å². The lowest BCUT2D eigenvalue weighted by molar-refractivity contribution is 0.297. The molecule has 2 heteroatoms. The minimum absolute atomic E-state index is 0.593. The van der Waals surface area contributed by atoms with Crippen molar-refractivity contribution in [3.8, 4) is 5.75 Å². The molecular formula is C19H21NO. The third-order valence-corrected chi connectivity index (χ3v) is 4.02. The summed E-state index contributed by atoms with van der Waals surface area (Å²) in [7, 11) is 2.10. The van der Waals surface area contributed by atoms with Crippen molar-refractivity contribution in [3.05, 3.63) is 65.4 Å². The van der Waals surface area contributed by atoms with E-state index >= 15 is 0 Å². The standard InChI is InChI=1S/C19H21NO/c1-4-15-6-9-18(10-7-15)21-13-17-12-16-8-5-14(2)11-19(16)20(17)3/h5-12H,4,13H2,1-3H3. The van der Waals surface area contributed by atoms with Crippen LogP contribution >= 0.6 is 0 Å². The van der Waals surface area contributed by atoms with Crippen molar-refractivity contribution in [2.45, 2.75) is 26.9 Å². The average molecular weight is 279 g/mol. The summed E-state index contributed by atoms with van der Waals surface area (Å²) >= 11 is 0. The number of aromatic nitrogens is 1. The molecule has 3 aromatic rings. The Morgan fingerprint density at radius 2 is 1.76 bits per heavy atom. The summed E-state index contributed by atoms with van der Waals surface area (Å²) in [5, 5.41) is 1.27. The molecule has 2 aromatic carbocycles. The number of benzene rings is 2. The van der Waals surface area contributed by atoms with Crippen molar-refractivity contribution in [1.82, 2.24) is 4.57 Å². The zero-order valence-electron chi connectivity index (χ0n) is 12.9. The van der Waals surface area contributed by atoms with Gasteiger partial charge in [-0.15, -0.1) is 0 Å². The van der Waals surface area contributed by atoms with Crippen LogP contribution in [0.2, 0.25) is 0 Å². The van der Waals surface area contributed by atoms with E-state index in [0.717, 1.165) is 12.2 Å². The lowest BCUT2D eigenvalue weighted by atomic mass is 10.2. The maximum atomic E-state index is 5.91. The van der Waals surface area contributed by atoms with E-state index in [9.17, 15) is 0 Å². The highest BCUT2D eigenvalue weighted by Crippen LogP contribution is 2.21. The zero-order chi connectivity index (χ0) is 14.8. The number of nitrogens with zero attached hydrogens (tertiary/aromatic N) is 1. The Hall–Kier alpha value is -2.22. The predicted octanol–water partition coefficient (Wildman–Crippen LogP) is 4.63. The number of ether oxygens (including phenoxy) is 1. The second kappa shape index (κ2) is 5.65.